The van der Waals surface area contributed by atoms with E-state index in [1.54, 1.807) is 0 Å². The second kappa shape index (κ2) is 9.33. The highest BCUT2D eigenvalue weighted by Gasteiger charge is 2.45. The Morgan fingerprint density at radius 1 is 0.643 bits per heavy atom. The molecule has 2 unspecified atom stereocenters. The van der Waals surface area contributed by atoms with E-state index in [0.29, 0.717) is 0 Å². The highest BCUT2D eigenvalue weighted by atomic mass is 17.0. The number of aliphatic hydroxyl groups is 2. The molecule has 0 aromatic heterocycles. The molecular formula is C12H14NO15+. The fourth-order valence-electron chi connectivity index (χ4n) is 1.65. The standard InChI is InChI=1S/C12H13NO15/c14-5(15)1-11(24,9(20)21)3-7(18)27-13(26)28-8(19)4-12(25,10(22)23)2-6(16)17/h24-25H,1-4H2,(H3-,14,15,16,17,20,21,22,23)/p+1. The lowest BCUT2D eigenvalue weighted by atomic mass is 9.96. The maximum atomic E-state index is 11.4. The van der Waals surface area contributed by atoms with Gasteiger partial charge >= 0.3 is 40.9 Å². The largest absolute Gasteiger partial charge is 0.495 e. The fraction of sp³-hybridized carbons (Fsp3) is 0.500. The van der Waals surface area contributed by atoms with Gasteiger partial charge in [0.25, 0.3) is 0 Å². The monoisotopic (exact) mass is 412 g/mol. The number of carbonyl (C=O) groups is 6. The highest BCUT2D eigenvalue weighted by molar-refractivity contribution is 5.89. The summed E-state index contributed by atoms with van der Waals surface area (Å²) in [6, 6.07) is 0. The highest BCUT2D eigenvalue weighted by Crippen LogP contribution is 2.18. The van der Waals surface area contributed by atoms with Crippen molar-refractivity contribution >= 4 is 35.8 Å². The molecule has 6 N–H and O–H groups in total. The molecule has 0 saturated carbocycles. The Kier molecular flexibility index (Phi) is 8.11. The molecule has 0 amide bonds. The van der Waals surface area contributed by atoms with Crippen molar-refractivity contribution in [2.75, 3.05) is 0 Å². The van der Waals surface area contributed by atoms with E-state index in [0.717, 1.165) is 0 Å². The normalized spacial score (nSPS) is 14.6. The Bertz CT molecular complexity index is 656. The van der Waals surface area contributed by atoms with E-state index in [9.17, 15) is 43.9 Å². The summed E-state index contributed by atoms with van der Waals surface area (Å²) in [5, 5.41) is 52.3. The van der Waals surface area contributed by atoms with Crippen molar-refractivity contribution in [2.24, 2.45) is 0 Å². The van der Waals surface area contributed by atoms with Crippen molar-refractivity contribution in [3.05, 3.63) is 4.91 Å². The Balaban J connectivity index is 4.91. The maximum Gasteiger partial charge on any atom is 0.495 e. The van der Waals surface area contributed by atoms with Gasteiger partial charge in [-0.3, -0.25) is 9.59 Å². The summed E-state index contributed by atoms with van der Waals surface area (Å²) in [7, 11) is 0. The minimum absolute atomic E-state index is 1.24. The van der Waals surface area contributed by atoms with Gasteiger partial charge < -0.3 is 30.6 Å². The molecular weight excluding hydrogens is 398 g/mol. The van der Waals surface area contributed by atoms with Crippen LogP contribution >= 0.6 is 0 Å². The van der Waals surface area contributed by atoms with Crippen molar-refractivity contribution in [1.29, 1.82) is 0 Å². The molecule has 0 aromatic carbocycles. The van der Waals surface area contributed by atoms with Gasteiger partial charge in [-0.2, -0.15) is 0 Å². The summed E-state index contributed by atoms with van der Waals surface area (Å²) in [6.07, 6.45) is -6.00. The first kappa shape index (κ1) is 24.3. The summed E-state index contributed by atoms with van der Waals surface area (Å²) < 4.78 is 0. The summed E-state index contributed by atoms with van der Waals surface area (Å²) in [4.78, 5) is 84.1. The SMILES string of the molecule is O=C(O)CC(O)(CC(=O)O[N+](=O)OC(=O)CC(O)(CC(=O)O)C(=O)O)C(=O)O. The third kappa shape index (κ3) is 7.70. The van der Waals surface area contributed by atoms with Crippen molar-refractivity contribution in [3.8, 4) is 0 Å². The second-order valence-electron chi connectivity index (χ2n) is 5.32. The quantitative estimate of drug-likeness (QED) is 0.175. The average Bonchev–Trinajstić information content (AvgIpc) is 2.43. The predicted molar refractivity (Wildman–Crippen MR) is 74.7 cm³/mol. The summed E-state index contributed by atoms with van der Waals surface area (Å²) in [6.45, 7) is 0. The molecule has 0 fully saturated rings. The number of aliphatic carboxylic acids is 4. The molecule has 0 spiro atoms. The van der Waals surface area contributed by atoms with Crippen LogP contribution in [0.25, 0.3) is 0 Å². The topological polar surface area (TPSA) is 262 Å². The zero-order chi connectivity index (χ0) is 22.3. The van der Waals surface area contributed by atoms with Gasteiger partial charge in [-0.15, -0.1) is 9.68 Å². The van der Waals surface area contributed by atoms with Crippen LogP contribution in [0, 0.1) is 4.91 Å². The number of carboxylic acid groups (broad SMARTS) is 4. The van der Waals surface area contributed by atoms with Crippen LogP contribution in [0.2, 0.25) is 0 Å². The van der Waals surface area contributed by atoms with Gasteiger partial charge in [0.05, 0.1) is 25.7 Å². The number of hydrogen-bond donors (Lipinski definition) is 6. The van der Waals surface area contributed by atoms with Gasteiger partial charge in [-0.1, -0.05) is 0 Å². The molecule has 0 saturated heterocycles. The molecule has 16 heteroatoms. The molecule has 0 bridgehead atoms. The Hall–Kier alpha value is -3.66. The van der Waals surface area contributed by atoms with Gasteiger partial charge in [0, 0.05) is 0 Å². The van der Waals surface area contributed by atoms with Gasteiger partial charge in [0.1, 0.15) is 4.91 Å². The van der Waals surface area contributed by atoms with Crippen LogP contribution in [0.5, 0.6) is 0 Å². The summed E-state index contributed by atoms with van der Waals surface area (Å²) in [5.74, 6) is -11.6. The lowest BCUT2D eigenvalue weighted by molar-refractivity contribution is -0.945. The van der Waals surface area contributed by atoms with Crippen molar-refractivity contribution in [3.63, 3.8) is 0 Å². The van der Waals surface area contributed by atoms with E-state index < -0.39 is 77.8 Å². The fourth-order valence-corrected chi connectivity index (χ4v) is 1.65. The third-order valence-electron chi connectivity index (χ3n) is 2.91. The first-order valence-electron chi connectivity index (χ1n) is 6.85. The molecule has 0 aliphatic carbocycles. The molecule has 0 aliphatic rings. The van der Waals surface area contributed by atoms with Gasteiger partial charge in [0.15, 0.2) is 11.2 Å². The van der Waals surface area contributed by atoms with Crippen LogP contribution in [0.1, 0.15) is 25.7 Å². The molecule has 0 rings (SSSR count). The first-order valence-corrected chi connectivity index (χ1v) is 6.85. The van der Waals surface area contributed by atoms with E-state index >= 15 is 0 Å². The van der Waals surface area contributed by atoms with Crippen LogP contribution in [-0.4, -0.2) is 82.7 Å². The van der Waals surface area contributed by atoms with Gasteiger partial charge in [-0.05, 0) is 0 Å². The number of rotatable bonds is 12. The van der Waals surface area contributed by atoms with Crippen molar-refractivity contribution in [2.45, 2.75) is 36.9 Å². The van der Waals surface area contributed by atoms with E-state index in [4.69, 9.17) is 20.4 Å². The smallest absolute Gasteiger partial charge is 0.481 e. The lowest BCUT2D eigenvalue weighted by Gasteiger charge is -2.18. The maximum absolute atomic E-state index is 11.4. The molecule has 16 nitrogen and oxygen atoms in total. The number of hydrogen-bond acceptors (Lipinski definition) is 11. The summed E-state index contributed by atoms with van der Waals surface area (Å²) >= 11 is 0. The molecule has 2 atom stereocenters. The molecule has 0 heterocycles. The molecule has 0 aromatic rings. The number of carboxylic acids is 4. The molecule has 0 radical (unpaired) electrons. The predicted octanol–water partition coefficient (Wildman–Crippen LogP) is -2.96. The number of carbonyl (C=O) groups excluding carboxylic acids is 2. The average molecular weight is 412 g/mol. The van der Waals surface area contributed by atoms with Crippen LogP contribution < -0.4 is 0 Å². The van der Waals surface area contributed by atoms with E-state index in [2.05, 4.69) is 9.68 Å². The van der Waals surface area contributed by atoms with Crippen LogP contribution in [-0.2, 0) is 38.4 Å². The van der Waals surface area contributed by atoms with E-state index in [1.165, 1.54) is 0 Å². The molecule has 28 heavy (non-hydrogen) atoms. The second-order valence-corrected chi connectivity index (χ2v) is 5.32. The Morgan fingerprint density at radius 2 is 0.929 bits per heavy atom. The zero-order valence-electron chi connectivity index (χ0n) is 13.6. The first-order chi connectivity index (χ1) is 12.6. The Labute approximate surface area is 153 Å². The van der Waals surface area contributed by atoms with E-state index in [-0.39, 0.29) is 0 Å². The minimum Gasteiger partial charge on any atom is -0.481 e. The third-order valence-corrected chi connectivity index (χ3v) is 2.91. The number of nitrogens with zero attached hydrogens (tertiary/aromatic N) is 1. The van der Waals surface area contributed by atoms with Crippen molar-refractivity contribution < 1.29 is 74.2 Å². The summed E-state index contributed by atoms with van der Waals surface area (Å²) in [5.41, 5.74) is -6.31. The zero-order valence-corrected chi connectivity index (χ0v) is 13.6. The van der Waals surface area contributed by atoms with Crippen LogP contribution in [0.15, 0.2) is 0 Å². The van der Waals surface area contributed by atoms with Gasteiger partial charge in [-0.25, -0.2) is 19.2 Å². The van der Waals surface area contributed by atoms with Crippen LogP contribution in [0.4, 0.5) is 0 Å². The Morgan fingerprint density at radius 3 is 1.14 bits per heavy atom. The van der Waals surface area contributed by atoms with E-state index in [1.807, 2.05) is 0 Å². The van der Waals surface area contributed by atoms with Crippen LogP contribution in [0.3, 0.4) is 0 Å². The van der Waals surface area contributed by atoms with Crippen molar-refractivity contribution in [1.82, 2.24) is 0 Å². The molecule has 0 aliphatic heterocycles. The molecule has 156 valence electrons. The van der Waals surface area contributed by atoms with Gasteiger partial charge in [0.2, 0.25) is 0 Å². The lowest BCUT2D eigenvalue weighted by Crippen LogP contribution is -2.44. The minimum atomic E-state index is -3.15.